The maximum absolute atomic E-state index is 12.6. The van der Waals surface area contributed by atoms with Crippen LogP contribution in [0.3, 0.4) is 0 Å². The molecule has 0 aliphatic heterocycles. The normalized spacial score (nSPS) is 11.7. The third-order valence-electron chi connectivity index (χ3n) is 3.62. The maximum atomic E-state index is 12.6. The lowest BCUT2D eigenvalue weighted by Crippen LogP contribution is -2.27. The van der Waals surface area contributed by atoms with E-state index in [0.717, 1.165) is 15.6 Å². The molecular formula is C16H19N3O5S. The fourth-order valence-electron chi connectivity index (χ4n) is 2.49. The van der Waals surface area contributed by atoms with Crippen LogP contribution in [0.5, 0.6) is 11.5 Å². The van der Waals surface area contributed by atoms with Crippen molar-refractivity contribution < 1.29 is 19.2 Å². The molecule has 0 spiro atoms. The number of carbonyl (C=O) groups excluding carboxylic acids is 1. The Hall–Kier alpha value is -2.68. The van der Waals surface area contributed by atoms with Crippen LogP contribution in [0.25, 0.3) is 0 Å². The fraction of sp³-hybridized carbons (Fsp3) is 0.375. The highest BCUT2D eigenvalue weighted by atomic mass is 32.1. The second kappa shape index (κ2) is 7.47. The molecule has 1 atom stereocenters. The van der Waals surface area contributed by atoms with E-state index in [9.17, 15) is 14.9 Å². The molecule has 0 radical (unpaired) electrons. The Morgan fingerprint density at radius 3 is 2.36 bits per heavy atom. The smallest absolute Gasteiger partial charge is 0.286 e. The van der Waals surface area contributed by atoms with Gasteiger partial charge < -0.3 is 14.8 Å². The zero-order valence-corrected chi connectivity index (χ0v) is 15.4. The van der Waals surface area contributed by atoms with Crippen molar-refractivity contribution in [2.75, 3.05) is 14.2 Å². The first-order valence-electron chi connectivity index (χ1n) is 7.43. The standard InChI is InChI=1S/C16H19N3O5S/c1-8-15(25-10(3)17-8)9(2)18-16(20)11-6-13(23-4)14(24-5)7-12(11)19(21)22/h6-7,9H,1-5H3,(H,18,20)/t9-/m0/s1. The average molecular weight is 365 g/mol. The summed E-state index contributed by atoms with van der Waals surface area (Å²) in [6.07, 6.45) is 0. The van der Waals surface area contributed by atoms with Gasteiger partial charge in [0.05, 0.1) is 42.0 Å². The summed E-state index contributed by atoms with van der Waals surface area (Å²) in [6, 6.07) is 2.16. The quantitative estimate of drug-likeness (QED) is 0.623. The molecule has 1 N–H and O–H groups in total. The minimum Gasteiger partial charge on any atom is -0.493 e. The molecular weight excluding hydrogens is 346 g/mol. The molecule has 0 unspecified atom stereocenters. The number of benzene rings is 1. The number of amides is 1. The van der Waals surface area contributed by atoms with Crippen LogP contribution >= 0.6 is 11.3 Å². The molecule has 2 rings (SSSR count). The third-order valence-corrected chi connectivity index (χ3v) is 4.88. The van der Waals surface area contributed by atoms with Gasteiger partial charge in [-0.3, -0.25) is 14.9 Å². The zero-order chi connectivity index (χ0) is 18.7. The van der Waals surface area contributed by atoms with E-state index in [1.807, 2.05) is 20.8 Å². The summed E-state index contributed by atoms with van der Waals surface area (Å²) in [5, 5.41) is 15.0. The first kappa shape index (κ1) is 18.7. The SMILES string of the molecule is COc1cc(C(=O)N[C@@H](C)c2sc(C)nc2C)c([N+](=O)[O-])cc1OC. The number of methoxy groups -OCH3 is 2. The van der Waals surface area contributed by atoms with E-state index in [1.54, 1.807) is 0 Å². The number of nitro groups is 1. The van der Waals surface area contributed by atoms with Crippen molar-refractivity contribution in [1.29, 1.82) is 0 Å². The van der Waals surface area contributed by atoms with Crippen molar-refractivity contribution >= 4 is 22.9 Å². The minimum absolute atomic E-state index is 0.0895. The molecule has 0 aliphatic rings. The monoisotopic (exact) mass is 365 g/mol. The first-order chi connectivity index (χ1) is 11.8. The number of hydrogen-bond acceptors (Lipinski definition) is 7. The molecule has 2 aromatic rings. The van der Waals surface area contributed by atoms with Crippen molar-refractivity contribution in [3.63, 3.8) is 0 Å². The van der Waals surface area contributed by atoms with Crippen molar-refractivity contribution in [2.45, 2.75) is 26.8 Å². The van der Waals surface area contributed by atoms with Gasteiger partial charge >= 0.3 is 0 Å². The highest BCUT2D eigenvalue weighted by Crippen LogP contribution is 2.35. The Bertz CT molecular complexity index is 818. The summed E-state index contributed by atoms with van der Waals surface area (Å²) in [5.41, 5.74) is 0.394. The number of aryl methyl sites for hydroxylation is 2. The van der Waals surface area contributed by atoms with Gasteiger partial charge in [-0.2, -0.15) is 0 Å². The molecule has 0 saturated carbocycles. The van der Waals surface area contributed by atoms with Gasteiger partial charge in [0.25, 0.3) is 11.6 Å². The van der Waals surface area contributed by atoms with Gasteiger partial charge in [-0.25, -0.2) is 4.98 Å². The number of carbonyl (C=O) groups is 1. The molecule has 25 heavy (non-hydrogen) atoms. The van der Waals surface area contributed by atoms with Crippen LogP contribution in [0.1, 0.15) is 38.9 Å². The number of hydrogen-bond donors (Lipinski definition) is 1. The Labute approximate surface area is 148 Å². The van der Waals surface area contributed by atoms with Crippen molar-refractivity contribution in [3.05, 3.63) is 43.4 Å². The molecule has 0 fully saturated rings. The average Bonchev–Trinajstić information content (AvgIpc) is 2.91. The number of thiazole rings is 1. The number of ether oxygens (including phenoxy) is 2. The lowest BCUT2D eigenvalue weighted by atomic mass is 10.1. The Morgan fingerprint density at radius 2 is 1.88 bits per heavy atom. The number of rotatable bonds is 6. The van der Waals surface area contributed by atoms with E-state index in [2.05, 4.69) is 10.3 Å². The summed E-state index contributed by atoms with van der Waals surface area (Å²) < 4.78 is 10.2. The van der Waals surface area contributed by atoms with Gasteiger partial charge in [0.2, 0.25) is 0 Å². The van der Waals surface area contributed by atoms with Gasteiger partial charge in [0.1, 0.15) is 5.56 Å². The number of nitrogens with zero attached hydrogens (tertiary/aromatic N) is 2. The Balaban J connectivity index is 2.37. The summed E-state index contributed by atoms with van der Waals surface area (Å²) in [6.45, 7) is 5.56. The predicted octanol–water partition coefficient (Wildman–Crippen LogP) is 3.18. The van der Waals surface area contributed by atoms with Crippen molar-refractivity contribution in [1.82, 2.24) is 10.3 Å². The second-order valence-corrected chi connectivity index (χ2v) is 6.59. The third kappa shape index (κ3) is 3.87. The molecule has 0 bridgehead atoms. The van der Waals surface area contributed by atoms with Crippen LogP contribution in [-0.4, -0.2) is 30.0 Å². The van der Waals surface area contributed by atoms with Crippen LogP contribution < -0.4 is 14.8 Å². The fourth-order valence-corrected chi connectivity index (χ4v) is 3.42. The highest BCUT2D eigenvalue weighted by Gasteiger charge is 2.26. The molecule has 9 heteroatoms. The predicted molar refractivity (Wildman–Crippen MR) is 93.7 cm³/mol. The van der Waals surface area contributed by atoms with E-state index in [1.165, 1.54) is 37.7 Å². The summed E-state index contributed by atoms with van der Waals surface area (Å²) in [7, 11) is 2.77. The van der Waals surface area contributed by atoms with Crippen LogP contribution in [0.15, 0.2) is 12.1 Å². The van der Waals surface area contributed by atoms with Crippen LogP contribution in [0.2, 0.25) is 0 Å². The number of nitro benzene ring substituents is 1. The second-order valence-electron chi connectivity index (χ2n) is 5.36. The van der Waals surface area contributed by atoms with E-state index in [4.69, 9.17) is 9.47 Å². The maximum Gasteiger partial charge on any atom is 0.286 e. The van der Waals surface area contributed by atoms with E-state index >= 15 is 0 Å². The lowest BCUT2D eigenvalue weighted by molar-refractivity contribution is -0.385. The van der Waals surface area contributed by atoms with Gasteiger partial charge in [-0.15, -0.1) is 11.3 Å². The molecule has 0 aliphatic carbocycles. The van der Waals surface area contributed by atoms with Crippen LogP contribution in [-0.2, 0) is 0 Å². The van der Waals surface area contributed by atoms with Crippen molar-refractivity contribution in [3.8, 4) is 11.5 Å². The first-order valence-corrected chi connectivity index (χ1v) is 8.25. The lowest BCUT2D eigenvalue weighted by Gasteiger charge is -2.14. The Kier molecular flexibility index (Phi) is 5.58. The zero-order valence-electron chi connectivity index (χ0n) is 14.6. The molecule has 0 saturated heterocycles. The molecule has 8 nitrogen and oxygen atoms in total. The van der Waals surface area contributed by atoms with Gasteiger partial charge in [-0.1, -0.05) is 0 Å². The summed E-state index contributed by atoms with van der Waals surface area (Å²) in [5.74, 6) is -0.131. The molecule has 1 aromatic heterocycles. The highest BCUT2D eigenvalue weighted by molar-refractivity contribution is 7.11. The summed E-state index contributed by atoms with van der Waals surface area (Å²) in [4.78, 5) is 28.6. The summed E-state index contributed by atoms with van der Waals surface area (Å²) >= 11 is 1.48. The van der Waals surface area contributed by atoms with E-state index in [0.29, 0.717) is 0 Å². The molecule has 1 amide bonds. The largest absolute Gasteiger partial charge is 0.493 e. The Morgan fingerprint density at radius 1 is 1.28 bits per heavy atom. The number of nitrogens with one attached hydrogen (secondary N) is 1. The van der Waals surface area contributed by atoms with Crippen molar-refractivity contribution in [2.24, 2.45) is 0 Å². The molecule has 1 heterocycles. The van der Waals surface area contributed by atoms with Crippen LogP contribution in [0, 0.1) is 24.0 Å². The minimum atomic E-state index is -0.621. The van der Waals surface area contributed by atoms with E-state index in [-0.39, 0.29) is 28.8 Å². The van der Waals surface area contributed by atoms with Gasteiger partial charge in [0, 0.05) is 10.9 Å². The van der Waals surface area contributed by atoms with E-state index < -0.39 is 10.8 Å². The van der Waals surface area contributed by atoms with Gasteiger partial charge in [-0.05, 0) is 20.8 Å². The van der Waals surface area contributed by atoms with Gasteiger partial charge in [0.15, 0.2) is 11.5 Å². The topological polar surface area (TPSA) is 104 Å². The molecule has 134 valence electrons. The van der Waals surface area contributed by atoms with Crippen LogP contribution in [0.4, 0.5) is 5.69 Å². The molecule has 1 aromatic carbocycles. The number of aromatic nitrogens is 1.